The summed E-state index contributed by atoms with van der Waals surface area (Å²) < 4.78 is 10.7. The molecule has 3 rings (SSSR count). The van der Waals surface area contributed by atoms with E-state index >= 15 is 0 Å². The lowest BCUT2D eigenvalue weighted by atomic mass is 10.1. The number of urea groups is 1. The van der Waals surface area contributed by atoms with Crippen molar-refractivity contribution >= 4 is 17.6 Å². The predicted molar refractivity (Wildman–Crippen MR) is 97.2 cm³/mol. The highest BCUT2D eigenvalue weighted by atomic mass is 35.5. The normalized spacial score (nSPS) is 12.1. The van der Waals surface area contributed by atoms with Gasteiger partial charge in [-0.1, -0.05) is 29.8 Å². The zero-order chi connectivity index (χ0) is 17.6. The monoisotopic (exact) mass is 360 g/mol. The number of amides is 2. The third kappa shape index (κ3) is 4.57. The molecular formula is C19H21ClN2O3. The number of carbonyl (C=O) groups excluding carboxylic acids is 1. The van der Waals surface area contributed by atoms with E-state index in [1.54, 1.807) is 4.90 Å². The van der Waals surface area contributed by atoms with Gasteiger partial charge in [0.1, 0.15) is 0 Å². The molecule has 6 heteroatoms. The molecule has 2 amide bonds. The van der Waals surface area contributed by atoms with E-state index in [1.165, 1.54) is 0 Å². The van der Waals surface area contributed by atoms with Gasteiger partial charge in [-0.2, -0.15) is 0 Å². The maximum Gasteiger partial charge on any atom is 0.317 e. The lowest BCUT2D eigenvalue weighted by Gasteiger charge is -2.21. The van der Waals surface area contributed by atoms with Crippen LogP contribution in [0.3, 0.4) is 0 Å². The van der Waals surface area contributed by atoms with Gasteiger partial charge in [0.25, 0.3) is 0 Å². The number of ether oxygens (including phenoxy) is 2. The van der Waals surface area contributed by atoms with Gasteiger partial charge in [-0.15, -0.1) is 0 Å². The number of nitrogens with one attached hydrogen (secondary N) is 1. The number of carbonyl (C=O) groups is 1. The Labute approximate surface area is 152 Å². The molecule has 1 N–H and O–H groups in total. The Bertz CT molecular complexity index is 751. The summed E-state index contributed by atoms with van der Waals surface area (Å²) in [4.78, 5) is 14.2. The van der Waals surface area contributed by atoms with Crippen molar-refractivity contribution in [2.45, 2.75) is 19.9 Å². The summed E-state index contributed by atoms with van der Waals surface area (Å²) in [5.74, 6) is 1.48. The molecule has 5 nitrogen and oxygen atoms in total. The fourth-order valence-electron chi connectivity index (χ4n) is 2.70. The van der Waals surface area contributed by atoms with E-state index < -0.39 is 0 Å². The molecule has 0 aromatic heterocycles. The van der Waals surface area contributed by atoms with Crippen LogP contribution in [-0.4, -0.2) is 30.8 Å². The van der Waals surface area contributed by atoms with Gasteiger partial charge in [0.2, 0.25) is 6.79 Å². The molecule has 0 atom stereocenters. The van der Waals surface area contributed by atoms with E-state index in [4.69, 9.17) is 21.1 Å². The first kappa shape index (κ1) is 17.4. The topological polar surface area (TPSA) is 50.8 Å². The van der Waals surface area contributed by atoms with Gasteiger partial charge in [-0.3, -0.25) is 0 Å². The lowest BCUT2D eigenvalue weighted by molar-refractivity contribution is 0.173. The van der Waals surface area contributed by atoms with E-state index in [-0.39, 0.29) is 12.8 Å². The molecule has 0 bridgehead atoms. The van der Waals surface area contributed by atoms with Crippen LogP contribution in [0.25, 0.3) is 0 Å². The molecule has 132 valence electrons. The zero-order valence-electron chi connectivity index (χ0n) is 14.1. The molecule has 0 fully saturated rings. The minimum atomic E-state index is -0.0813. The molecule has 25 heavy (non-hydrogen) atoms. The first-order valence-corrected chi connectivity index (χ1v) is 8.69. The van der Waals surface area contributed by atoms with Gasteiger partial charge < -0.3 is 19.7 Å². The van der Waals surface area contributed by atoms with Crippen molar-refractivity contribution in [3.05, 3.63) is 58.6 Å². The Morgan fingerprint density at radius 1 is 1.16 bits per heavy atom. The first-order chi connectivity index (χ1) is 12.2. The summed E-state index contributed by atoms with van der Waals surface area (Å²) in [7, 11) is 0. The second-order valence-electron chi connectivity index (χ2n) is 5.81. The molecule has 1 aliphatic heterocycles. The van der Waals surface area contributed by atoms with E-state index in [2.05, 4.69) is 5.32 Å². The number of rotatable bonds is 6. The van der Waals surface area contributed by atoms with Gasteiger partial charge in [0.05, 0.1) is 0 Å². The molecule has 0 radical (unpaired) electrons. The molecule has 0 unspecified atom stereocenters. The number of hydrogen-bond acceptors (Lipinski definition) is 3. The maximum atomic E-state index is 12.4. The summed E-state index contributed by atoms with van der Waals surface area (Å²) in [5.41, 5.74) is 2.11. The third-order valence-electron chi connectivity index (χ3n) is 4.06. The number of benzene rings is 2. The molecule has 1 aliphatic rings. The van der Waals surface area contributed by atoms with Crippen LogP contribution in [0.15, 0.2) is 42.5 Å². The highest BCUT2D eigenvalue weighted by molar-refractivity contribution is 6.30. The van der Waals surface area contributed by atoms with Gasteiger partial charge in [-0.05, 0) is 48.7 Å². The van der Waals surface area contributed by atoms with Crippen molar-refractivity contribution in [3.8, 4) is 11.5 Å². The van der Waals surface area contributed by atoms with E-state index in [1.807, 2.05) is 49.4 Å². The fraction of sp³-hybridized carbons (Fsp3) is 0.316. The van der Waals surface area contributed by atoms with Crippen LogP contribution >= 0.6 is 11.6 Å². The molecule has 0 saturated carbocycles. The smallest absolute Gasteiger partial charge is 0.317 e. The highest BCUT2D eigenvalue weighted by Gasteiger charge is 2.16. The standard InChI is InChI=1S/C19H21ClN2O3/c1-2-22(12-15-6-7-17-18(11-15)25-13-24-17)19(23)21-9-8-14-4-3-5-16(20)10-14/h3-7,10-11H,2,8-9,12-13H2,1H3,(H,21,23). The van der Waals surface area contributed by atoms with Crippen LogP contribution in [-0.2, 0) is 13.0 Å². The van der Waals surface area contributed by atoms with Crippen molar-refractivity contribution < 1.29 is 14.3 Å². The van der Waals surface area contributed by atoms with Gasteiger partial charge in [-0.25, -0.2) is 4.79 Å². The molecule has 2 aromatic rings. The molecule has 0 spiro atoms. The van der Waals surface area contributed by atoms with Crippen LogP contribution in [0.5, 0.6) is 11.5 Å². The average molecular weight is 361 g/mol. The van der Waals surface area contributed by atoms with Crippen LogP contribution in [0.1, 0.15) is 18.1 Å². The molecule has 0 aliphatic carbocycles. The second-order valence-corrected chi connectivity index (χ2v) is 6.25. The molecule has 0 saturated heterocycles. The number of nitrogens with zero attached hydrogens (tertiary/aromatic N) is 1. The van der Waals surface area contributed by atoms with E-state index in [0.29, 0.717) is 24.7 Å². The summed E-state index contributed by atoms with van der Waals surface area (Å²) >= 11 is 5.98. The summed E-state index contributed by atoms with van der Waals surface area (Å²) in [6, 6.07) is 13.3. The van der Waals surface area contributed by atoms with Crippen molar-refractivity contribution in [2.75, 3.05) is 19.9 Å². The van der Waals surface area contributed by atoms with E-state index in [9.17, 15) is 4.79 Å². The van der Waals surface area contributed by atoms with Gasteiger partial charge in [0.15, 0.2) is 11.5 Å². The summed E-state index contributed by atoms with van der Waals surface area (Å²) in [5, 5.41) is 3.67. The number of hydrogen-bond donors (Lipinski definition) is 1. The van der Waals surface area contributed by atoms with Crippen molar-refractivity contribution in [3.63, 3.8) is 0 Å². The minimum absolute atomic E-state index is 0.0813. The Hall–Kier alpha value is -2.40. The number of halogens is 1. The number of fused-ring (bicyclic) bond motifs is 1. The van der Waals surface area contributed by atoms with Crippen LogP contribution in [0.4, 0.5) is 4.79 Å². The van der Waals surface area contributed by atoms with Crippen LogP contribution in [0.2, 0.25) is 5.02 Å². The molecule has 2 aromatic carbocycles. The quantitative estimate of drug-likeness (QED) is 0.851. The highest BCUT2D eigenvalue weighted by Crippen LogP contribution is 2.32. The Balaban J connectivity index is 1.52. The van der Waals surface area contributed by atoms with Crippen LogP contribution in [0, 0.1) is 0 Å². The summed E-state index contributed by atoms with van der Waals surface area (Å²) in [6.07, 6.45) is 0.744. The Kier molecular flexibility index (Phi) is 5.66. The molecule has 1 heterocycles. The van der Waals surface area contributed by atoms with Crippen LogP contribution < -0.4 is 14.8 Å². The first-order valence-electron chi connectivity index (χ1n) is 8.31. The SMILES string of the molecule is CCN(Cc1ccc2c(c1)OCO2)C(=O)NCCc1cccc(Cl)c1. The van der Waals surface area contributed by atoms with Gasteiger partial charge in [0, 0.05) is 24.7 Å². The maximum absolute atomic E-state index is 12.4. The fourth-order valence-corrected chi connectivity index (χ4v) is 2.92. The van der Waals surface area contributed by atoms with Gasteiger partial charge >= 0.3 is 6.03 Å². The third-order valence-corrected chi connectivity index (χ3v) is 4.29. The Morgan fingerprint density at radius 3 is 2.80 bits per heavy atom. The van der Waals surface area contributed by atoms with Crippen molar-refractivity contribution in [1.29, 1.82) is 0 Å². The average Bonchev–Trinajstić information content (AvgIpc) is 3.07. The lowest BCUT2D eigenvalue weighted by Crippen LogP contribution is -2.40. The molecular weight excluding hydrogens is 340 g/mol. The summed E-state index contributed by atoms with van der Waals surface area (Å²) in [6.45, 7) is 3.92. The minimum Gasteiger partial charge on any atom is -0.454 e. The largest absolute Gasteiger partial charge is 0.454 e. The zero-order valence-corrected chi connectivity index (χ0v) is 14.9. The van der Waals surface area contributed by atoms with Crippen molar-refractivity contribution in [2.24, 2.45) is 0 Å². The van der Waals surface area contributed by atoms with Crippen molar-refractivity contribution in [1.82, 2.24) is 10.2 Å². The van der Waals surface area contributed by atoms with E-state index in [0.717, 1.165) is 29.0 Å². The predicted octanol–water partition coefficient (Wildman–Crippen LogP) is 3.84. The Morgan fingerprint density at radius 2 is 2.00 bits per heavy atom. The second kappa shape index (κ2) is 8.12.